The van der Waals surface area contributed by atoms with Gasteiger partial charge in [-0.1, -0.05) is 30.3 Å². The number of amides is 1. The Kier molecular flexibility index (Phi) is 4.63. The molecule has 2 aromatic rings. The Morgan fingerprint density at radius 2 is 1.75 bits per heavy atom. The molecule has 5 heteroatoms. The molecule has 0 aromatic heterocycles. The zero-order chi connectivity index (χ0) is 14.5. The van der Waals surface area contributed by atoms with Crippen LogP contribution in [0.4, 0.5) is 4.39 Å². The molecule has 0 spiro atoms. The largest absolute Gasteiger partial charge is 0.345 e. The second-order valence-electron chi connectivity index (χ2n) is 4.10. The van der Waals surface area contributed by atoms with Gasteiger partial charge in [-0.2, -0.15) is 0 Å². The molecule has 0 aliphatic carbocycles. The molecular formula is C15H11BrFNO2. The first-order valence-electron chi connectivity index (χ1n) is 5.89. The molecule has 2 rings (SSSR count). The average Bonchev–Trinajstić information content (AvgIpc) is 2.48. The molecule has 0 radical (unpaired) electrons. The molecule has 0 saturated carbocycles. The van der Waals surface area contributed by atoms with Gasteiger partial charge in [0.15, 0.2) is 5.78 Å². The molecule has 0 bridgehead atoms. The Hall–Kier alpha value is -2.01. The van der Waals surface area contributed by atoms with Crippen molar-refractivity contribution < 1.29 is 14.0 Å². The van der Waals surface area contributed by atoms with E-state index in [1.54, 1.807) is 24.3 Å². The van der Waals surface area contributed by atoms with Crippen molar-refractivity contribution in [1.82, 2.24) is 5.32 Å². The lowest BCUT2D eigenvalue weighted by molar-refractivity contribution is 0.0904. The Bertz CT molecular complexity index is 644. The normalized spacial score (nSPS) is 10.1. The number of benzene rings is 2. The number of carbonyl (C=O) groups excluding carboxylic acids is 2. The van der Waals surface area contributed by atoms with Crippen molar-refractivity contribution in [1.29, 1.82) is 0 Å². The molecule has 20 heavy (non-hydrogen) atoms. The molecule has 2 aromatic carbocycles. The van der Waals surface area contributed by atoms with E-state index in [2.05, 4.69) is 21.2 Å². The molecule has 0 fully saturated rings. The van der Waals surface area contributed by atoms with Gasteiger partial charge in [-0.3, -0.25) is 9.59 Å². The molecule has 0 aliphatic rings. The van der Waals surface area contributed by atoms with Crippen LogP contribution < -0.4 is 5.32 Å². The Morgan fingerprint density at radius 3 is 2.40 bits per heavy atom. The van der Waals surface area contributed by atoms with E-state index in [-0.39, 0.29) is 16.8 Å². The minimum Gasteiger partial charge on any atom is -0.345 e. The summed E-state index contributed by atoms with van der Waals surface area (Å²) in [5.74, 6) is -1.04. The van der Waals surface area contributed by atoms with Crippen LogP contribution in [0.3, 0.4) is 0 Å². The lowest BCUT2D eigenvalue weighted by Crippen LogP contribution is -2.29. The smallest absolute Gasteiger partial charge is 0.251 e. The molecule has 0 saturated heterocycles. The van der Waals surface area contributed by atoms with E-state index >= 15 is 0 Å². The molecule has 102 valence electrons. The van der Waals surface area contributed by atoms with E-state index in [1.165, 1.54) is 18.2 Å². The number of Topliss-reactive ketones (excluding diaryl/α,β-unsaturated/α-hetero) is 1. The Balaban J connectivity index is 1.98. The van der Waals surface area contributed by atoms with Gasteiger partial charge in [0.2, 0.25) is 0 Å². The van der Waals surface area contributed by atoms with Crippen LogP contribution in [0, 0.1) is 5.82 Å². The molecule has 0 aliphatic heterocycles. The van der Waals surface area contributed by atoms with Crippen molar-refractivity contribution in [2.45, 2.75) is 0 Å². The summed E-state index contributed by atoms with van der Waals surface area (Å²) >= 11 is 3.01. The highest BCUT2D eigenvalue weighted by Crippen LogP contribution is 2.16. The van der Waals surface area contributed by atoms with E-state index in [0.29, 0.717) is 11.1 Å². The van der Waals surface area contributed by atoms with Gasteiger partial charge < -0.3 is 5.32 Å². The lowest BCUT2D eigenvalue weighted by Gasteiger charge is -2.05. The minimum absolute atomic E-state index is 0.0994. The van der Waals surface area contributed by atoms with Gasteiger partial charge in [0.25, 0.3) is 5.91 Å². The highest BCUT2D eigenvalue weighted by atomic mass is 79.9. The molecule has 0 heterocycles. The second kappa shape index (κ2) is 6.43. The van der Waals surface area contributed by atoms with Gasteiger partial charge in [0.1, 0.15) is 5.82 Å². The second-order valence-corrected chi connectivity index (χ2v) is 4.96. The molecule has 0 unspecified atom stereocenters. The van der Waals surface area contributed by atoms with Crippen LogP contribution in [0.15, 0.2) is 53.0 Å². The number of carbonyl (C=O) groups is 2. The maximum absolute atomic E-state index is 13.1. The predicted molar refractivity (Wildman–Crippen MR) is 77.2 cm³/mol. The number of halogens is 2. The van der Waals surface area contributed by atoms with Crippen molar-refractivity contribution >= 4 is 27.6 Å². The summed E-state index contributed by atoms with van der Waals surface area (Å²) in [7, 11) is 0. The summed E-state index contributed by atoms with van der Waals surface area (Å²) in [5, 5.41) is 2.51. The van der Waals surface area contributed by atoms with Gasteiger partial charge in [0, 0.05) is 11.1 Å². The third kappa shape index (κ3) is 3.51. The maximum atomic E-state index is 13.1. The van der Waals surface area contributed by atoms with E-state index < -0.39 is 11.7 Å². The fourth-order valence-corrected chi connectivity index (χ4v) is 2.00. The summed E-state index contributed by atoms with van der Waals surface area (Å²) in [6.45, 7) is -0.0994. The van der Waals surface area contributed by atoms with Crippen molar-refractivity contribution in [2.24, 2.45) is 0 Å². The van der Waals surface area contributed by atoms with Crippen molar-refractivity contribution in [3.63, 3.8) is 0 Å². The summed E-state index contributed by atoms with van der Waals surface area (Å²) in [6, 6.07) is 12.6. The number of nitrogens with one attached hydrogen (secondary N) is 1. The molecule has 0 atom stereocenters. The van der Waals surface area contributed by atoms with Gasteiger partial charge in [-0.05, 0) is 34.1 Å². The monoisotopic (exact) mass is 335 g/mol. The maximum Gasteiger partial charge on any atom is 0.251 e. The quantitative estimate of drug-likeness (QED) is 0.872. The lowest BCUT2D eigenvalue weighted by atomic mass is 10.1. The van der Waals surface area contributed by atoms with Gasteiger partial charge in [0.05, 0.1) is 11.0 Å². The van der Waals surface area contributed by atoms with Gasteiger partial charge in [-0.25, -0.2) is 4.39 Å². The SMILES string of the molecule is O=C(CNC(=O)c1ccc(F)c(Br)c1)c1ccccc1. The zero-order valence-corrected chi connectivity index (χ0v) is 12.0. The van der Waals surface area contributed by atoms with Crippen LogP contribution >= 0.6 is 15.9 Å². The van der Waals surface area contributed by atoms with Crippen LogP contribution in [0.1, 0.15) is 20.7 Å². The minimum atomic E-state index is -0.443. The van der Waals surface area contributed by atoms with Crippen LogP contribution in [0.5, 0.6) is 0 Å². The van der Waals surface area contributed by atoms with Crippen LogP contribution in [-0.2, 0) is 0 Å². The van der Waals surface area contributed by atoms with E-state index in [4.69, 9.17) is 0 Å². The number of hydrogen-bond acceptors (Lipinski definition) is 2. The topological polar surface area (TPSA) is 46.2 Å². The first-order valence-corrected chi connectivity index (χ1v) is 6.69. The van der Waals surface area contributed by atoms with Crippen molar-refractivity contribution in [2.75, 3.05) is 6.54 Å². The van der Waals surface area contributed by atoms with Crippen LogP contribution in [-0.4, -0.2) is 18.2 Å². The van der Waals surface area contributed by atoms with Gasteiger partial charge >= 0.3 is 0 Å². The average molecular weight is 336 g/mol. The predicted octanol–water partition coefficient (Wildman–Crippen LogP) is 3.20. The fourth-order valence-electron chi connectivity index (χ4n) is 1.63. The number of ketones is 1. The molecule has 3 nitrogen and oxygen atoms in total. The van der Waals surface area contributed by atoms with E-state index in [0.717, 1.165) is 0 Å². The Morgan fingerprint density at radius 1 is 1.05 bits per heavy atom. The molecule has 1 amide bonds. The van der Waals surface area contributed by atoms with E-state index in [1.807, 2.05) is 6.07 Å². The van der Waals surface area contributed by atoms with Crippen LogP contribution in [0.25, 0.3) is 0 Å². The first kappa shape index (κ1) is 14.4. The van der Waals surface area contributed by atoms with Crippen LogP contribution in [0.2, 0.25) is 0 Å². The highest BCUT2D eigenvalue weighted by molar-refractivity contribution is 9.10. The van der Waals surface area contributed by atoms with Gasteiger partial charge in [-0.15, -0.1) is 0 Å². The van der Waals surface area contributed by atoms with Crippen molar-refractivity contribution in [3.05, 3.63) is 69.9 Å². The molecule has 1 N–H and O–H groups in total. The summed E-state index contributed by atoms with van der Waals surface area (Å²) in [4.78, 5) is 23.7. The third-order valence-corrected chi connectivity index (χ3v) is 3.29. The summed E-state index contributed by atoms with van der Waals surface area (Å²) in [5.41, 5.74) is 0.826. The zero-order valence-electron chi connectivity index (χ0n) is 10.4. The first-order chi connectivity index (χ1) is 9.58. The molecular weight excluding hydrogens is 325 g/mol. The third-order valence-electron chi connectivity index (χ3n) is 2.69. The summed E-state index contributed by atoms with van der Waals surface area (Å²) < 4.78 is 13.3. The number of rotatable bonds is 4. The fraction of sp³-hybridized carbons (Fsp3) is 0.0667. The highest BCUT2D eigenvalue weighted by Gasteiger charge is 2.11. The van der Waals surface area contributed by atoms with E-state index in [9.17, 15) is 14.0 Å². The summed E-state index contributed by atoms with van der Waals surface area (Å²) in [6.07, 6.45) is 0. The number of hydrogen-bond donors (Lipinski definition) is 1. The Labute approximate surface area is 123 Å². The van der Waals surface area contributed by atoms with Crippen molar-refractivity contribution in [3.8, 4) is 0 Å². The standard InChI is InChI=1S/C15H11BrFNO2/c16-12-8-11(6-7-13(12)17)15(20)18-9-14(19)10-4-2-1-3-5-10/h1-8H,9H2,(H,18,20).